The highest BCUT2D eigenvalue weighted by Gasteiger charge is 2.29. The van der Waals surface area contributed by atoms with E-state index in [4.69, 9.17) is 9.15 Å². The Kier molecular flexibility index (Phi) is 11.2. The lowest BCUT2D eigenvalue weighted by molar-refractivity contribution is -0.116. The molecule has 2 aliphatic rings. The van der Waals surface area contributed by atoms with Gasteiger partial charge < -0.3 is 34.7 Å². The molecule has 9 heteroatoms. The Bertz CT molecular complexity index is 1100. The SMILES string of the molecule is CC.CN(C)C(=O)c1cccc(NC2=C(NCc3cc(CCCCN4CCCOCC4)co3)CC2=O)c1O. The summed E-state index contributed by atoms with van der Waals surface area (Å²) in [5.41, 5.74) is 2.82. The number of ketones is 1. The largest absolute Gasteiger partial charge is 0.505 e. The van der Waals surface area contributed by atoms with Gasteiger partial charge in [0.2, 0.25) is 0 Å². The second-order valence-electron chi connectivity index (χ2n) is 9.52. The number of carbonyl (C=O) groups excluding carboxylic acids is 2. The van der Waals surface area contributed by atoms with Gasteiger partial charge in [-0.1, -0.05) is 19.9 Å². The van der Waals surface area contributed by atoms with Crippen LogP contribution in [-0.2, 0) is 22.5 Å². The number of hydrogen-bond acceptors (Lipinski definition) is 8. The molecule has 0 radical (unpaired) electrons. The number of amides is 1. The number of para-hydroxylation sites is 1. The summed E-state index contributed by atoms with van der Waals surface area (Å²) in [4.78, 5) is 28.4. The predicted molar refractivity (Wildman–Crippen MR) is 148 cm³/mol. The standard InChI is InChI=1S/C27H36N4O5.C2H6/c1-30(2)27(34)21-8-5-9-22(26(21)33)29-25-23(16-24(25)32)28-17-20-15-19(18-36-20)7-3-4-10-31-11-6-13-35-14-12-31;1-2/h5,8-9,15,18,28-29,33H,3-4,6-7,10-14,16-17H2,1-2H3;1-2H3. The van der Waals surface area contributed by atoms with Crippen LogP contribution in [0.1, 0.15) is 61.2 Å². The number of nitrogens with zero attached hydrogens (tertiary/aromatic N) is 2. The smallest absolute Gasteiger partial charge is 0.257 e. The second kappa shape index (κ2) is 14.6. The molecule has 2 aromatic rings. The molecule has 38 heavy (non-hydrogen) atoms. The Morgan fingerprint density at radius 1 is 1.16 bits per heavy atom. The molecule has 1 saturated heterocycles. The first kappa shape index (κ1) is 29.3. The number of aromatic hydroxyl groups is 1. The minimum absolute atomic E-state index is 0.0580. The van der Waals surface area contributed by atoms with Crippen molar-refractivity contribution in [3.05, 3.63) is 58.8 Å². The first-order valence-corrected chi connectivity index (χ1v) is 13.6. The lowest BCUT2D eigenvalue weighted by atomic mass is 9.98. The summed E-state index contributed by atoms with van der Waals surface area (Å²) in [6.45, 7) is 9.42. The van der Waals surface area contributed by atoms with E-state index < -0.39 is 0 Å². The molecular formula is C29H42N4O5. The van der Waals surface area contributed by atoms with Crippen molar-refractivity contribution in [3.8, 4) is 5.75 Å². The molecule has 3 N–H and O–H groups in total. The highest BCUT2D eigenvalue weighted by atomic mass is 16.5. The number of phenolic OH excluding ortho intramolecular Hbond substituents is 1. The summed E-state index contributed by atoms with van der Waals surface area (Å²) < 4.78 is 11.2. The van der Waals surface area contributed by atoms with Crippen LogP contribution in [0.5, 0.6) is 5.75 Å². The molecule has 4 rings (SSSR count). The van der Waals surface area contributed by atoms with Gasteiger partial charge in [-0.15, -0.1) is 0 Å². The maximum absolute atomic E-state index is 12.3. The number of allylic oxidation sites excluding steroid dienone is 2. The summed E-state index contributed by atoms with van der Waals surface area (Å²) in [7, 11) is 3.24. The van der Waals surface area contributed by atoms with Crippen molar-refractivity contribution in [2.45, 2.75) is 52.5 Å². The molecule has 0 atom stereocenters. The molecule has 1 aliphatic carbocycles. The number of unbranched alkanes of at least 4 members (excludes halogenated alkanes) is 1. The summed E-state index contributed by atoms with van der Waals surface area (Å²) >= 11 is 0. The van der Waals surface area contributed by atoms with Crippen molar-refractivity contribution < 1.29 is 23.8 Å². The van der Waals surface area contributed by atoms with Crippen LogP contribution in [0.4, 0.5) is 5.69 Å². The third-order valence-corrected chi connectivity index (χ3v) is 6.54. The van der Waals surface area contributed by atoms with Crippen LogP contribution in [0, 0.1) is 0 Å². The van der Waals surface area contributed by atoms with Crippen LogP contribution >= 0.6 is 0 Å². The van der Waals surface area contributed by atoms with Gasteiger partial charge in [0, 0.05) is 39.5 Å². The number of rotatable bonds is 11. The number of hydrogen-bond donors (Lipinski definition) is 3. The van der Waals surface area contributed by atoms with Crippen LogP contribution < -0.4 is 10.6 Å². The Morgan fingerprint density at radius 3 is 2.74 bits per heavy atom. The zero-order valence-corrected chi connectivity index (χ0v) is 23.1. The van der Waals surface area contributed by atoms with Gasteiger partial charge in [0.25, 0.3) is 5.91 Å². The number of anilines is 1. The van der Waals surface area contributed by atoms with Gasteiger partial charge >= 0.3 is 0 Å². The molecule has 1 fully saturated rings. The summed E-state index contributed by atoms with van der Waals surface area (Å²) in [5.74, 6) is 0.260. The quantitative estimate of drug-likeness (QED) is 0.296. The average Bonchev–Trinajstić information content (AvgIpc) is 3.21. The van der Waals surface area contributed by atoms with E-state index in [1.165, 1.54) is 10.5 Å². The van der Waals surface area contributed by atoms with Crippen molar-refractivity contribution in [1.29, 1.82) is 0 Å². The van der Waals surface area contributed by atoms with Crippen molar-refractivity contribution in [3.63, 3.8) is 0 Å². The average molecular weight is 527 g/mol. The van der Waals surface area contributed by atoms with Crippen LogP contribution in [0.15, 0.2) is 46.3 Å². The van der Waals surface area contributed by atoms with Gasteiger partial charge in [-0.3, -0.25) is 9.59 Å². The molecule has 1 aromatic carbocycles. The topological polar surface area (TPSA) is 107 Å². The first-order chi connectivity index (χ1) is 18.4. The Morgan fingerprint density at radius 2 is 1.97 bits per heavy atom. The predicted octanol–water partition coefficient (Wildman–Crippen LogP) is 4.14. The summed E-state index contributed by atoms with van der Waals surface area (Å²) in [5, 5.41) is 16.8. The van der Waals surface area contributed by atoms with Gasteiger partial charge in [-0.2, -0.15) is 0 Å². The number of carbonyl (C=O) groups is 2. The number of aryl methyl sites for hydroxylation is 1. The maximum atomic E-state index is 12.3. The fraction of sp³-hybridized carbons (Fsp3) is 0.517. The van der Waals surface area contributed by atoms with Crippen molar-refractivity contribution in [2.75, 3.05) is 52.3 Å². The molecule has 0 bridgehead atoms. The molecule has 1 amide bonds. The highest BCUT2D eigenvalue weighted by Crippen LogP contribution is 2.32. The van der Waals surface area contributed by atoms with E-state index in [9.17, 15) is 14.7 Å². The van der Waals surface area contributed by atoms with Crippen LogP contribution in [0.3, 0.4) is 0 Å². The number of nitrogens with one attached hydrogen (secondary N) is 2. The van der Waals surface area contributed by atoms with Crippen LogP contribution in [0.2, 0.25) is 0 Å². The van der Waals surface area contributed by atoms with Crippen molar-refractivity contribution in [1.82, 2.24) is 15.1 Å². The van der Waals surface area contributed by atoms with E-state index in [0.717, 1.165) is 70.0 Å². The third-order valence-electron chi connectivity index (χ3n) is 6.54. The van der Waals surface area contributed by atoms with E-state index in [1.54, 1.807) is 32.3 Å². The second-order valence-corrected chi connectivity index (χ2v) is 9.52. The first-order valence-electron chi connectivity index (χ1n) is 13.6. The molecular weight excluding hydrogens is 484 g/mol. The van der Waals surface area contributed by atoms with Gasteiger partial charge in [0.05, 0.1) is 37.1 Å². The lowest BCUT2D eigenvalue weighted by Crippen LogP contribution is -2.32. The van der Waals surface area contributed by atoms with E-state index in [0.29, 0.717) is 17.9 Å². The number of furan rings is 1. The van der Waals surface area contributed by atoms with Crippen LogP contribution in [-0.4, -0.2) is 73.5 Å². The van der Waals surface area contributed by atoms with Gasteiger partial charge in [0.1, 0.15) is 11.5 Å². The van der Waals surface area contributed by atoms with E-state index in [2.05, 4.69) is 21.6 Å². The Hall–Kier alpha value is -3.30. The van der Waals surface area contributed by atoms with Gasteiger partial charge in [-0.25, -0.2) is 0 Å². The zero-order chi connectivity index (χ0) is 27.5. The molecule has 208 valence electrons. The third kappa shape index (κ3) is 7.85. The van der Waals surface area contributed by atoms with E-state index >= 15 is 0 Å². The Labute approximate surface area is 225 Å². The summed E-state index contributed by atoms with van der Waals surface area (Å²) in [6.07, 6.45) is 6.44. The van der Waals surface area contributed by atoms with Crippen molar-refractivity contribution >= 4 is 17.4 Å². The number of Topliss-reactive ketones (excluding diaryl/α,β-unsaturated/α-hetero) is 1. The molecule has 1 aliphatic heterocycles. The van der Waals surface area contributed by atoms with Crippen LogP contribution in [0.25, 0.3) is 0 Å². The zero-order valence-electron chi connectivity index (χ0n) is 23.1. The lowest BCUT2D eigenvalue weighted by Gasteiger charge is -2.25. The van der Waals surface area contributed by atoms with Crippen molar-refractivity contribution in [2.24, 2.45) is 0 Å². The number of benzene rings is 1. The fourth-order valence-corrected chi connectivity index (χ4v) is 4.42. The Balaban J connectivity index is 0.00000195. The van der Waals surface area contributed by atoms with Gasteiger partial charge in [-0.05, 0) is 56.0 Å². The normalized spacial score (nSPS) is 15.7. The van der Waals surface area contributed by atoms with Gasteiger partial charge in [0.15, 0.2) is 11.5 Å². The minimum Gasteiger partial charge on any atom is -0.505 e. The number of ether oxygens (including phenoxy) is 1. The minimum atomic E-state index is -0.311. The molecule has 9 nitrogen and oxygen atoms in total. The van der Waals surface area contributed by atoms with E-state index in [1.807, 2.05) is 20.1 Å². The molecule has 0 unspecified atom stereocenters. The fourth-order valence-electron chi connectivity index (χ4n) is 4.42. The molecule has 2 heterocycles. The molecule has 0 spiro atoms. The summed E-state index contributed by atoms with van der Waals surface area (Å²) in [6, 6.07) is 6.92. The van der Waals surface area contributed by atoms with E-state index in [-0.39, 0.29) is 29.4 Å². The molecule has 1 aromatic heterocycles. The maximum Gasteiger partial charge on any atom is 0.257 e. The monoisotopic (exact) mass is 526 g/mol. The molecule has 0 saturated carbocycles. The highest BCUT2D eigenvalue weighted by molar-refractivity contribution is 6.07. The number of phenols is 1.